The largest absolute Gasteiger partial charge is 0.386 e. The van der Waals surface area contributed by atoms with Crippen LogP contribution < -0.4 is 5.73 Å². The Bertz CT molecular complexity index is 188. The molecular weight excluding hydrogens is 168 g/mol. The van der Waals surface area contributed by atoms with Gasteiger partial charge in [0.05, 0.1) is 18.7 Å². The molecule has 4 heteroatoms. The molecule has 1 saturated heterocycles. The first-order valence-corrected chi connectivity index (χ1v) is 4.81. The van der Waals surface area contributed by atoms with Gasteiger partial charge in [0.25, 0.3) is 0 Å². The number of carbonyl (C=O) groups is 1. The fourth-order valence-corrected chi connectivity index (χ4v) is 1.48. The lowest BCUT2D eigenvalue weighted by atomic mass is 9.91. The summed E-state index contributed by atoms with van der Waals surface area (Å²) in [5, 5.41) is 9.64. The Labute approximate surface area is 78.7 Å². The van der Waals surface area contributed by atoms with E-state index in [0.29, 0.717) is 32.5 Å². The van der Waals surface area contributed by atoms with Gasteiger partial charge in [0.15, 0.2) is 0 Å². The fraction of sp³-hybridized carbons (Fsp3) is 0.889. The van der Waals surface area contributed by atoms with Gasteiger partial charge in [-0.2, -0.15) is 0 Å². The molecule has 1 fully saturated rings. The molecule has 13 heavy (non-hydrogen) atoms. The zero-order valence-corrected chi connectivity index (χ0v) is 8.12. The minimum atomic E-state index is -0.613. The molecular formula is C9H18N2O2. The lowest BCUT2D eigenvalue weighted by molar-refractivity contribution is -0.155. The Morgan fingerprint density at radius 3 is 2.69 bits per heavy atom. The SMILES string of the molecule is CCC1(O)CN(C(=O)CCCN)C1. The van der Waals surface area contributed by atoms with Crippen LogP contribution in [0.3, 0.4) is 0 Å². The van der Waals surface area contributed by atoms with E-state index in [1.165, 1.54) is 0 Å². The highest BCUT2D eigenvalue weighted by Gasteiger charge is 2.41. The topological polar surface area (TPSA) is 66.6 Å². The third-order valence-corrected chi connectivity index (χ3v) is 2.58. The molecule has 0 radical (unpaired) electrons. The van der Waals surface area contributed by atoms with Crippen LogP contribution in [0.15, 0.2) is 0 Å². The Morgan fingerprint density at radius 1 is 1.62 bits per heavy atom. The van der Waals surface area contributed by atoms with Gasteiger partial charge in [-0.25, -0.2) is 0 Å². The Hall–Kier alpha value is -0.610. The lowest BCUT2D eigenvalue weighted by Gasteiger charge is -2.46. The van der Waals surface area contributed by atoms with E-state index in [1.54, 1.807) is 4.90 Å². The number of nitrogens with zero attached hydrogens (tertiary/aromatic N) is 1. The Balaban J connectivity index is 2.23. The summed E-state index contributed by atoms with van der Waals surface area (Å²) in [5.41, 5.74) is 4.68. The number of aliphatic hydroxyl groups is 1. The van der Waals surface area contributed by atoms with Crippen LogP contribution >= 0.6 is 0 Å². The molecule has 1 amide bonds. The second kappa shape index (κ2) is 4.07. The molecule has 1 aliphatic rings. The summed E-state index contributed by atoms with van der Waals surface area (Å²) >= 11 is 0. The predicted molar refractivity (Wildman–Crippen MR) is 50.1 cm³/mol. The summed E-state index contributed by atoms with van der Waals surface area (Å²) in [4.78, 5) is 13.0. The van der Waals surface area contributed by atoms with Crippen LogP contribution in [-0.2, 0) is 4.79 Å². The second-order valence-electron chi connectivity index (χ2n) is 3.72. The van der Waals surface area contributed by atoms with Crippen LogP contribution in [0.4, 0.5) is 0 Å². The first-order chi connectivity index (χ1) is 6.11. The van der Waals surface area contributed by atoms with Crippen LogP contribution in [0, 0.1) is 0 Å². The van der Waals surface area contributed by atoms with Gasteiger partial charge in [-0.1, -0.05) is 6.92 Å². The maximum Gasteiger partial charge on any atom is 0.222 e. The van der Waals surface area contributed by atoms with E-state index in [4.69, 9.17) is 5.73 Å². The molecule has 0 unspecified atom stereocenters. The molecule has 1 heterocycles. The first-order valence-electron chi connectivity index (χ1n) is 4.81. The third-order valence-electron chi connectivity index (χ3n) is 2.58. The lowest BCUT2D eigenvalue weighted by Crippen LogP contribution is -2.63. The van der Waals surface area contributed by atoms with Crippen molar-refractivity contribution in [3.05, 3.63) is 0 Å². The van der Waals surface area contributed by atoms with Gasteiger partial charge in [0.2, 0.25) is 5.91 Å². The molecule has 0 saturated carbocycles. The van der Waals surface area contributed by atoms with Gasteiger partial charge in [-0.3, -0.25) is 4.79 Å². The average molecular weight is 186 g/mol. The van der Waals surface area contributed by atoms with Crippen molar-refractivity contribution in [3.63, 3.8) is 0 Å². The van der Waals surface area contributed by atoms with Crippen LogP contribution in [0.1, 0.15) is 26.2 Å². The summed E-state index contributed by atoms with van der Waals surface area (Å²) in [6.45, 7) is 3.47. The molecule has 0 atom stereocenters. The number of nitrogens with two attached hydrogens (primary N) is 1. The third kappa shape index (κ3) is 2.42. The number of likely N-dealkylation sites (tertiary alicyclic amines) is 1. The number of β-amino-alcohol motifs (C(OH)–C–C–N with tert-alkyl or cyclic N) is 1. The van der Waals surface area contributed by atoms with Crippen molar-refractivity contribution in [1.82, 2.24) is 4.90 Å². The van der Waals surface area contributed by atoms with Gasteiger partial charge in [0, 0.05) is 6.42 Å². The fourth-order valence-electron chi connectivity index (χ4n) is 1.48. The molecule has 0 aromatic carbocycles. The molecule has 3 N–H and O–H groups in total. The molecule has 76 valence electrons. The highest BCUT2D eigenvalue weighted by molar-refractivity contribution is 5.77. The van der Waals surface area contributed by atoms with E-state index in [-0.39, 0.29) is 5.91 Å². The van der Waals surface area contributed by atoms with Crippen molar-refractivity contribution >= 4 is 5.91 Å². The van der Waals surface area contributed by atoms with Gasteiger partial charge in [0.1, 0.15) is 0 Å². The van der Waals surface area contributed by atoms with Gasteiger partial charge >= 0.3 is 0 Å². The molecule has 4 nitrogen and oxygen atoms in total. The number of hydrogen-bond donors (Lipinski definition) is 2. The molecule has 1 rings (SSSR count). The maximum absolute atomic E-state index is 11.3. The predicted octanol–water partition coefficient (Wildman–Crippen LogP) is -0.291. The number of rotatable bonds is 4. The van der Waals surface area contributed by atoms with Crippen molar-refractivity contribution in [1.29, 1.82) is 0 Å². The van der Waals surface area contributed by atoms with Crippen molar-refractivity contribution in [2.75, 3.05) is 19.6 Å². The zero-order chi connectivity index (χ0) is 9.90. The number of carbonyl (C=O) groups excluding carboxylic acids is 1. The molecule has 0 spiro atoms. The monoisotopic (exact) mass is 186 g/mol. The van der Waals surface area contributed by atoms with Crippen LogP contribution in [0.25, 0.3) is 0 Å². The van der Waals surface area contributed by atoms with Gasteiger partial charge in [-0.05, 0) is 19.4 Å². The minimum absolute atomic E-state index is 0.114. The van der Waals surface area contributed by atoms with E-state index >= 15 is 0 Å². The van der Waals surface area contributed by atoms with E-state index in [1.807, 2.05) is 6.92 Å². The van der Waals surface area contributed by atoms with Crippen molar-refractivity contribution in [3.8, 4) is 0 Å². The summed E-state index contributed by atoms with van der Waals surface area (Å²) in [7, 11) is 0. The smallest absolute Gasteiger partial charge is 0.222 e. The van der Waals surface area contributed by atoms with Gasteiger partial charge < -0.3 is 15.7 Å². The summed E-state index contributed by atoms with van der Waals surface area (Å²) in [6, 6.07) is 0. The van der Waals surface area contributed by atoms with E-state index < -0.39 is 5.60 Å². The molecule has 1 aliphatic heterocycles. The number of hydrogen-bond acceptors (Lipinski definition) is 3. The molecule has 0 aromatic heterocycles. The van der Waals surface area contributed by atoms with Crippen LogP contribution in [-0.4, -0.2) is 41.1 Å². The maximum atomic E-state index is 11.3. The van der Waals surface area contributed by atoms with Crippen LogP contribution in [0.2, 0.25) is 0 Å². The quantitative estimate of drug-likeness (QED) is 0.634. The van der Waals surface area contributed by atoms with Crippen molar-refractivity contribution < 1.29 is 9.90 Å². The van der Waals surface area contributed by atoms with Crippen molar-refractivity contribution in [2.24, 2.45) is 5.73 Å². The minimum Gasteiger partial charge on any atom is -0.386 e. The summed E-state index contributed by atoms with van der Waals surface area (Å²) < 4.78 is 0. The first kappa shape index (κ1) is 10.5. The van der Waals surface area contributed by atoms with Crippen LogP contribution in [0.5, 0.6) is 0 Å². The highest BCUT2D eigenvalue weighted by atomic mass is 16.3. The van der Waals surface area contributed by atoms with Gasteiger partial charge in [-0.15, -0.1) is 0 Å². The van der Waals surface area contributed by atoms with E-state index in [0.717, 1.165) is 6.42 Å². The zero-order valence-electron chi connectivity index (χ0n) is 8.12. The Morgan fingerprint density at radius 2 is 2.23 bits per heavy atom. The summed E-state index contributed by atoms with van der Waals surface area (Å²) in [5.74, 6) is 0.114. The average Bonchev–Trinajstić information content (AvgIpc) is 2.09. The standard InChI is InChI=1S/C9H18N2O2/c1-2-9(13)6-11(7-9)8(12)4-3-5-10/h13H,2-7,10H2,1H3. The van der Waals surface area contributed by atoms with E-state index in [2.05, 4.69) is 0 Å². The normalized spacial score (nSPS) is 19.8. The number of amides is 1. The second-order valence-corrected chi connectivity index (χ2v) is 3.72. The molecule has 0 aliphatic carbocycles. The molecule has 0 aromatic rings. The highest BCUT2D eigenvalue weighted by Crippen LogP contribution is 2.24. The summed E-state index contributed by atoms with van der Waals surface area (Å²) in [6.07, 6.45) is 1.96. The molecule has 0 bridgehead atoms. The Kier molecular flexibility index (Phi) is 3.27. The van der Waals surface area contributed by atoms with E-state index in [9.17, 15) is 9.90 Å². The van der Waals surface area contributed by atoms with Crippen molar-refractivity contribution in [2.45, 2.75) is 31.8 Å².